The minimum atomic E-state index is -0.833. The molecule has 76 valence electrons. The van der Waals surface area contributed by atoms with E-state index in [1.165, 1.54) is 0 Å². The molecule has 4 heteroatoms. The molecule has 0 saturated heterocycles. The first-order valence-electron chi connectivity index (χ1n) is 4.76. The van der Waals surface area contributed by atoms with Gasteiger partial charge in [0.25, 0.3) is 0 Å². The summed E-state index contributed by atoms with van der Waals surface area (Å²) in [6.45, 7) is 1.63. The number of aliphatic carboxylic acids is 1. The Morgan fingerprint density at radius 2 is 2.23 bits per heavy atom. The van der Waals surface area contributed by atoms with Gasteiger partial charge in [0.1, 0.15) is 6.04 Å². The fourth-order valence-corrected chi connectivity index (χ4v) is 1.74. The lowest BCUT2D eigenvalue weighted by Crippen LogP contribution is -2.44. The zero-order chi connectivity index (χ0) is 9.84. The highest BCUT2D eigenvalue weighted by atomic mass is 16.4. The van der Waals surface area contributed by atoms with Crippen LogP contribution < -0.4 is 5.32 Å². The molecular weight excluding hydrogens is 170 g/mol. The second kappa shape index (κ2) is 4.58. The van der Waals surface area contributed by atoms with E-state index in [0.717, 1.165) is 19.3 Å². The van der Waals surface area contributed by atoms with E-state index >= 15 is 0 Å². The number of hydrogen-bond acceptors (Lipinski definition) is 3. The second-order valence-electron chi connectivity index (χ2n) is 3.74. The van der Waals surface area contributed by atoms with Crippen molar-refractivity contribution in [1.82, 2.24) is 5.32 Å². The normalized spacial score (nSPS) is 31.2. The van der Waals surface area contributed by atoms with Crippen molar-refractivity contribution in [2.75, 3.05) is 0 Å². The maximum Gasteiger partial charge on any atom is 0.320 e. The fourth-order valence-electron chi connectivity index (χ4n) is 1.74. The molecule has 0 amide bonds. The summed E-state index contributed by atoms with van der Waals surface area (Å²) in [5.74, 6) is -0.833. The minimum Gasteiger partial charge on any atom is -0.480 e. The van der Waals surface area contributed by atoms with Crippen LogP contribution in [0, 0.1) is 0 Å². The van der Waals surface area contributed by atoms with Crippen molar-refractivity contribution in [3.8, 4) is 0 Å². The monoisotopic (exact) mass is 187 g/mol. The van der Waals surface area contributed by atoms with Gasteiger partial charge in [-0.25, -0.2) is 0 Å². The van der Waals surface area contributed by atoms with Gasteiger partial charge in [0.05, 0.1) is 6.10 Å². The predicted octanol–water partition coefficient (Wildman–Crippen LogP) is 0.353. The van der Waals surface area contributed by atoms with E-state index in [1.807, 2.05) is 0 Å². The van der Waals surface area contributed by atoms with Crippen molar-refractivity contribution in [3.05, 3.63) is 0 Å². The van der Waals surface area contributed by atoms with E-state index in [-0.39, 0.29) is 12.1 Å². The smallest absolute Gasteiger partial charge is 0.320 e. The van der Waals surface area contributed by atoms with Crippen molar-refractivity contribution in [2.24, 2.45) is 0 Å². The van der Waals surface area contributed by atoms with Crippen LogP contribution in [-0.4, -0.2) is 34.4 Å². The topological polar surface area (TPSA) is 69.6 Å². The Morgan fingerprint density at radius 1 is 1.54 bits per heavy atom. The molecule has 4 nitrogen and oxygen atoms in total. The summed E-state index contributed by atoms with van der Waals surface area (Å²) in [6.07, 6.45) is 3.21. The van der Waals surface area contributed by atoms with Crippen LogP contribution in [0.5, 0.6) is 0 Å². The Kier molecular flexibility index (Phi) is 3.69. The van der Waals surface area contributed by atoms with Crippen LogP contribution in [0.1, 0.15) is 32.6 Å². The molecule has 0 aromatic carbocycles. The Bertz CT molecular complexity index is 184. The maximum atomic E-state index is 10.5. The standard InChI is InChI=1S/C9H17NO3/c1-6(9(12)13)10-7-3-2-4-8(11)5-7/h6-8,10-11H,2-5H2,1H3,(H,12,13). The Hall–Kier alpha value is -0.610. The molecule has 13 heavy (non-hydrogen) atoms. The zero-order valence-corrected chi connectivity index (χ0v) is 7.86. The van der Waals surface area contributed by atoms with Gasteiger partial charge in [-0.3, -0.25) is 4.79 Å². The van der Waals surface area contributed by atoms with Crippen molar-refractivity contribution in [3.63, 3.8) is 0 Å². The highest BCUT2D eigenvalue weighted by Crippen LogP contribution is 2.18. The van der Waals surface area contributed by atoms with Gasteiger partial charge < -0.3 is 15.5 Å². The molecule has 1 aliphatic rings. The van der Waals surface area contributed by atoms with Crippen LogP contribution in [-0.2, 0) is 4.79 Å². The molecule has 0 aliphatic heterocycles. The van der Waals surface area contributed by atoms with E-state index in [2.05, 4.69) is 5.32 Å². The van der Waals surface area contributed by atoms with E-state index in [4.69, 9.17) is 5.11 Å². The summed E-state index contributed by atoms with van der Waals surface area (Å²) in [5, 5.41) is 21.0. The summed E-state index contributed by atoms with van der Waals surface area (Å²) in [6, 6.07) is -0.356. The molecular formula is C9H17NO3. The third-order valence-corrected chi connectivity index (χ3v) is 2.50. The number of aliphatic hydroxyl groups excluding tert-OH is 1. The number of hydrogen-bond donors (Lipinski definition) is 3. The first-order chi connectivity index (χ1) is 6.09. The molecule has 0 aromatic heterocycles. The number of carboxylic acid groups (broad SMARTS) is 1. The fraction of sp³-hybridized carbons (Fsp3) is 0.889. The van der Waals surface area contributed by atoms with Gasteiger partial charge in [0.15, 0.2) is 0 Å². The van der Waals surface area contributed by atoms with Crippen molar-refractivity contribution < 1.29 is 15.0 Å². The quantitative estimate of drug-likeness (QED) is 0.596. The van der Waals surface area contributed by atoms with E-state index in [9.17, 15) is 9.90 Å². The second-order valence-corrected chi connectivity index (χ2v) is 3.74. The Morgan fingerprint density at radius 3 is 2.77 bits per heavy atom. The number of carbonyl (C=O) groups is 1. The van der Waals surface area contributed by atoms with Crippen molar-refractivity contribution in [1.29, 1.82) is 0 Å². The van der Waals surface area contributed by atoms with Gasteiger partial charge in [-0.2, -0.15) is 0 Å². The molecule has 0 heterocycles. The molecule has 1 saturated carbocycles. The van der Waals surface area contributed by atoms with Gasteiger partial charge in [-0.1, -0.05) is 0 Å². The van der Waals surface area contributed by atoms with Gasteiger partial charge in [-0.15, -0.1) is 0 Å². The third kappa shape index (κ3) is 3.32. The molecule has 0 aromatic rings. The summed E-state index contributed by atoms with van der Waals surface area (Å²) in [4.78, 5) is 10.5. The van der Waals surface area contributed by atoms with Crippen LogP contribution in [0.2, 0.25) is 0 Å². The SMILES string of the molecule is CC(NC1CCCC(O)C1)C(=O)O. The Labute approximate surface area is 78.0 Å². The molecule has 1 aliphatic carbocycles. The molecule has 1 fully saturated rings. The van der Waals surface area contributed by atoms with Crippen molar-refractivity contribution in [2.45, 2.75) is 50.8 Å². The third-order valence-electron chi connectivity index (χ3n) is 2.50. The molecule has 0 spiro atoms. The first kappa shape index (κ1) is 10.5. The first-order valence-corrected chi connectivity index (χ1v) is 4.76. The predicted molar refractivity (Wildman–Crippen MR) is 48.5 cm³/mol. The molecule has 3 atom stereocenters. The lowest BCUT2D eigenvalue weighted by Gasteiger charge is -2.28. The van der Waals surface area contributed by atoms with Gasteiger partial charge in [-0.05, 0) is 32.6 Å². The summed E-state index contributed by atoms with van der Waals surface area (Å²) < 4.78 is 0. The number of nitrogens with one attached hydrogen (secondary N) is 1. The molecule has 0 bridgehead atoms. The molecule has 0 radical (unpaired) electrons. The highest BCUT2D eigenvalue weighted by molar-refractivity contribution is 5.72. The van der Waals surface area contributed by atoms with Crippen LogP contribution in [0.4, 0.5) is 0 Å². The van der Waals surface area contributed by atoms with Crippen LogP contribution in [0.3, 0.4) is 0 Å². The minimum absolute atomic E-state index is 0.162. The van der Waals surface area contributed by atoms with E-state index in [0.29, 0.717) is 6.42 Å². The Balaban J connectivity index is 2.31. The number of carboxylic acids is 1. The summed E-state index contributed by atoms with van der Waals surface area (Å²) in [5.41, 5.74) is 0. The van der Waals surface area contributed by atoms with Crippen LogP contribution in [0.15, 0.2) is 0 Å². The van der Waals surface area contributed by atoms with Gasteiger partial charge in [0.2, 0.25) is 0 Å². The molecule has 3 N–H and O–H groups in total. The number of aliphatic hydroxyl groups is 1. The lowest BCUT2D eigenvalue weighted by atomic mass is 9.92. The zero-order valence-electron chi connectivity index (χ0n) is 7.86. The van der Waals surface area contributed by atoms with E-state index in [1.54, 1.807) is 6.92 Å². The van der Waals surface area contributed by atoms with Gasteiger partial charge in [0, 0.05) is 6.04 Å². The molecule has 1 rings (SSSR count). The average molecular weight is 187 g/mol. The average Bonchev–Trinajstić information content (AvgIpc) is 2.04. The maximum absolute atomic E-state index is 10.5. The highest BCUT2D eigenvalue weighted by Gasteiger charge is 2.23. The lowest BCUT2D eigenvalue weighted by molar-refractivity contribution is -0.139. The summed E-state index contributed by atoms with van der Waals surface area (Å²) in [7, 11) is 0. The van der Waals surface area contributed by atoms with Crippen LogP contribution in [0.25, 0.3) is 0 Å². The van der Waals surface area contributed by atoms with E-state index < -0.39 is 12.0 Å². The van der Waals surface area contributed by atoms with Crippen LogP contribution >= 0.6 is 0 Å². The largest absolute Gasteiger partial charge is 0.480 e. The summed E-state index contributed by atoms with van der Waals surface area (Å²) >= 11 is 0. The number of rotatable bonds is 3. The van der Waals surface area contributed by atoms with Crippen molar-refractivity contribution >= 4 is 5.97 Å². The molecule has 3 unspecified atom stereocenters. The van der Waals surface area contributed by atoms with Gasteiger partial charge >= 0.3 is 5.97 Å².